The number of hydrogen-bond acceptors (Lipinski definition) is 2. The fraction of sp³-hybridized carbons (Fsp3) is 0.455. The minimum absolute atomic E-state index is 0.229. The van der Waals surface area contributed by atoms with Crippen molar-refractivity contribution >= 4 is 23.2 Å². The highest BCUT2D eigenvalue weighted by molar-refractivity contribution is 6.37. The number of aliphatic hydroxyl groups is 1. The monoisotopic (exact) mass is 248 g/mol. The fourth-order valence-corrected chi connectivity index (χ4v) is 1.69. The molecule has 0 aromatic heterocycles. The van der Waals surface area contributed by atoms with Crippen LogP contribution >= 0.6 is 23.2 Å². The summed E-state index contributed by atoms with van der Waals surface area (Å²) in [6.07, 6.45) is 2.64. The van der Waals surface area contributed by atoms with Crippen molar-refractivity contribution in [3.63, 3.8) is 0 Å². The highest BCUT2D eigenvalue weighted by Crippen LogP contribution is 2.32. The third kappa shape index (κ3) is 4.29. The lowest BCUT2D eigenvalue weighted by Gasteiger charge is -2.09. The highest BCUT2D eigenvalue weighted by Gasteiger charge is 2.05. The molecule has 1 aromatic rings. The topological polar surface area (TPSA) is 29.5 Å². The number of unbranched alkanes of at least 4 members (excludes halogenated alkanes) is 2. The van der Waals surface area contributed by atoms with Crippen molar-refractivity contribution in [1.29, 1.82) is 0 Å². The van der Waals surface area contributed by atoms with E-state index >= 15 is 0 Å². The molecule has 0 amide bonds. The Kier molecular flexibility index (Phi) is 5.84. The van der Waals surface area contributed by atoms with Gasteiger partial charge in [0, 0.05) is 6.61 Å². The zero-order chi connectivity index (χ0) is 11.1. The molecule has 0 saturated carbocycles. The Morgan fingerprint density at radius 1 is 1.07 bits per heavy atom. The maximum absolute atomic E-state index is 8.59. The van der Waals surface area contributed by atoms with E-state index < -0.39 is 0 Å². The Morgan fingerprint density at radius 3 is 2.33 bits per heavy atom. The number of halogens is 2. The molecule has 0 saturated heterocycles. The summed E-state index contributed by atoms with van der Waals surface area (Å²) >= 11 is 11.8. The van der Waals surface area contributed by atoms with Gasteiger partial charge in [0.1, 0.15) is 0 Å². The summed E-state index contributed by atoms with van der Waals surface area (Å²) in [6, 6.07) is 5.27. The summed E-state index contributed by atoms with van der Waals surface area (Å²) in [5.41, 5.74) is 0. The first kappa shape index (κ1) is 12.6. The summed E-state index contributed by atoms with van der Waals surface area (Å²) in [4.78, 5) is 0. The van der Waals surface area contributed by atoms with Crippen LogP contribution in [0.2, 0.25) is 10.0 Å². The van der Waals surface area contributed by atoms with Crippen LogP contribution in [0.1, 0.15) is 19.3 Å². The molecule has 0 unspecified atom stereocenters. The highest BCUT2D eigenvalue weighted by atomic mass is 35.5. The first-order valence-corrected chi connectivity index (χ1v) is 5.69. The molecule has 0 spiro atoms. The molecule has 0 aliphatic carbocycles. The predicted molar refractivity (Wildman–Crippen MR) is 62.9 cm³/mol. The Hall–Kier alpha value is -0.440. The quantitative estimate of drug-likeness (QED) is 0.781. The smallest absolute Gasteiger partial charge is 0.156 e. The molecule has 0 atom stereocenters. The van der Waals surface area contributed by atoms with Gasteiger partial charge in [0.05, 0.1) is 16.7 Å². The van der Waals surface area contributed by atoms with Gasteiger partial charge in [-0.15, -0.1) is 0 Å². The number of para-hydroxylation sites is 1. The Labute approximate surface area is 99.8 Å². The average Bonchev–Trinajstić information content (AvgIpc) is 2.21. The molecule has 0 fully saturated rings. The summed E-state index contributed by atoms with van der Waals surface area (Å²) in [5.74, 6) is 0.546. The minimum atomic E-state index is 0.229. The van der Waals surface area contributed by atoms with E-state index in [4.69, 9.17) is 33.0 Å². The number of aliphatic hydroxyl groups excluding tert-OH is 1. The van der Waals surface area contributed by atoms with E-state index in [1.54, 1.807) is 18.2 Å². The van der Waals surface area contributed by atoms with Gasteiger partial charge in [-0.3, -0.25) is 0 Å². The standard InChI is InChI=1S/C11H14Cl2O2/c12-9-5-4-6-10(13)11(9)15-8-3-1-2-7-14/h4-6,14H,1-3,7-8H2. The first-order chi connectivity index (χ1) is 7.25. The molecule has 15 heavy (non-hydrogen) atoms. The molecule has 2 nitrogen and oxygen atoms in total. The zero-order valence-electron chi connectivity index (χ0n) is 8.38. The number of rotatable bonds is 6. The van der Waals surface area contributed by atoms with E-state index in [1.807, 2.05) is 0 Å². The van der Waals surface area contributed by atoms with Crippen molar-refractivity contribution in [3.05, 3.63) is 28.2 Å². The maximum atomic E-state index is 8.59. The average molecular weight is 249 g/mol. The lowest BCUT2D eigenvalue weighted by molar-refractivity contribution is 0.266. The summed E-state index contributed by atoms with van der Waals surface area (Å²) in [5, 5.41) is 9.65. The lowest BCUT2D eigenvalue weighted by atomic mass is 10.2. The fourth-order valence-electron chi connectivity index (χ4n) is 1.19. The SMILES string of the molecule is OCCCCCOc1c(Cl)cccc1Cl. The van der Waals surface area contributed by atoms with E-state index in [9.17, 15) is 0 Å². The van der Waals surface area contributed by atoms with Crippen LogP contribution in [-0.4, -0.2) is 18.3 Å². The van der Waals surface area contributed by atoms with Crippen LogP contribution in [0.15, 0.2) is 18.2 Å². The van der Waals surface area contributed by atoms with Crippen molar-refractivity contribution in [1.82, 2.24) is 0 Å². The van der Waals surface area contributed by atoms with Gasteiger partial charge in [0.15, 0.2) is 5.75 Å². The van der Waals surface area contributed by atoms with Gasteiger partial charge in [-0.1, -0.05) is 29.3 Å². The van der Waals surface area contributed by atoms with Crippen LogP contribution in [-0.2, 0) is 0 Å². The van der Waals surface area contributed by atoms with Gasteiger partial charge in [0.2, 0.25) is 0 Å². The van der Waals surface area contributed by atoms with Crippen LogP contribution in [0.4, 0.5) is 0 Å². The van der Waals surface area contributed by atoms with Crippen LogP contribution < -0.4 is 4.74 Å². The lowest BCUT2D eigenvalue weighted by Crippen LogP contribution is -1.99. The van der Waals surface area contributed by atoms with E-state index in [0.29, 0.717) is 22.4 Å². The second kappa shape index (κ2) is 6.94. The molecule has 0 aliphatic rings. The maximum Gasteiger partial charge on any atom is 0.156 e. The molecule has 1 rings (SSSR count). The Morgan fingerprint density at radius 2 is 1.73 bits per heavy atom. The van der Waals surface area contributed by atoms with Crippen LogP contribution in [0, 0.1) is 0 Å². The summed E-state index contributed by atoms with van der Waals surface area (Å²) in [7, 11) is 0. The molecule has 0 aliphatic heterocycles. The van der Waals surface area contributed by atoms with Gasteiger partial charge >= 0.3 is 0 Å². The molecule has 0 radical (unpaired) electrons. The molecule has 0 bridgehead atoms. The van der Waals surface area contributed by atoms with Crippen molar-refractivity contribution in [2.45, 2.75) is 19.3 Å². The second-order valence-corrected chi connectivity index (χ2v) is 4.00. The molecule has 0 heterocycles. The Bertz CT molecular complexity index is 282. The normalized spacial score (nSPS) is 10.3. The van der Waals surface area contributed by atoms with Crippen molar-refractivity contribution < 1.29 is 9.84 Å². The third-order valence-corrected chi connectivity index (χ3v) is 2.56. The van der Waals surface area contributed by atoms with E-state index in [1.165, 1.54) is 0 Å². The van der Waals surface area contributed by atoms with Crippen molar-refractivity contribution in [3.8, 4) is 5.75 Å². The number of benzene rings is 1. The number of hydrogen-bond donors (Lipinski definition) is 1. The van der Waals surface area contributed by atoms with Crippen molar-refractivity contribution in [2.24, 2.45) is 0 Å². The summed E-state index contributed by atoms with van der Waals surface area (Å²) < 4.78 is 5.47. The van der Waals surface area contributed by atoms with Gasteiger partial charge in [-0.25, -0.2) is 0 Å². The number of ether oxygens (including phenoxy) is 1. The first-order valence-electron chi connectivity index (χ1n) is 4.93. The zero-order valence-corrected chi connectivity index (χ0v) is 9.89. The molecule has 1 N–H and O–H groups in total. The van der Waals surface area contributed by atoms with Crippen LogP contribution in [0.5, 0.6) is 5.75 Å². The van der Waals surface area contributed by atoms with Crippen LogP contribution in [0.3, 0.4) is 0 Å². The van der Waals surface area contributed by atoms with Crippen molar-refractivity contribution in [2.75, 3.05) is 13.2 Å². The molecule has 4 heteroatoms. The predicted octanol–water partition coefficient (Wildman–Crippen LogP) is 3.53. The molecular weight excluding hydrogens is 235 g/mol. The molecule has 84 valence electrons. The van der Waals surface area contributed by atoms with E-state index in [2.05, 4.69) is 0 Å². The van der Waals surface area contributed by atoms with E-state index in [0.717, 1.165) is 19.3 Å². The van der Waals surface area contributed by atoms with Gasteiger partial charge in [-0.2, -0.15) is 0 Å². The van der Waals surface area contributed by atoms with E-state index in [-0.39, 0.29) is 6.61 Å². The molecule has 1 aromatic carbocycles. The summed E-state index contributed by atoms with van der Waals surface area (Å²) in [6.45, 7) is 0.802. The molecular formula is C11H14Cl2O2. The van der Waals surface area contributed by atoms with Crippen LogP contribution in [0.25, 0.3) is 0 Å². The van der Waals surface area contributed by atoms with Gasteiger partial charge in [-0.05, 0) is 31.4 Å². The van der Waals surface area contributed by atoms with Gasteiger partial charge < -0.3 is 9.84 Å². The Balaban J connectivity index is 2.37. The minimum Gasteiger partial charge on any atom is -0.490 e. The second-order valence-electron chi connectivity index (χ2n) is 3.18. The third-order valence-electron chi connectivity index (χ3n) is 1.97. The van der Waals surface area contributed by atoms with Gasteiger partial charge in [0.25, 0.3) is 0 Å². The largest absolute Gasteiger partial charge is 0.490 e.